The van der Waals surface area contributed by atoms with E-state index in [9.17, 15) is 0 Å². The molecule has 2 unspecified atom stereocenters. The summed E-state index contributed by atoms with van der Waals surface area (Å²) in [5.41, 5.74) is 1.35. The fourth-order valence-electron chi connectivity index (χ4n) is 9.48. The van der Waals surface area contributed by atoms with Crippen LogP contribution in [-0.2, 0) is 4.74 Å². The van der Waals surface area contributed by atoms with Crippen molar-refractivity contribution in [2.75, 3.05) is 0 Å². The van der Waals surface area contributed by atoms with Gasteiger partial charge < -0.3 is 4.74 Å². The van der Waals surface area contributed by atoms with Crippen molar-refractivity contribution in [3.63, 3.8) is 0 Å². The molecule has 4 saturated carbocycles. The molecule has 1 saturated heterocycles. The normalized spacial score (nSPS) is 53.1. The molecule has 1 aliphatic heterocycles. The van der Waals surface area contributed by atoms with E-state index in [-0.39, 0.29) is 5.60 Å². The van der Waals surface area contributed by atoms with Gasteiger partial charge in [0.15, 0.2) is 0 Å². The fourth-order valence-corrected chi connectivity index (χ4v) is 9.48. The van der Waals surface area contributed by atoms with E-state index < -0.39 is 0 Å². The van der Waals surface area contributed by atoms with Crippen molar-refractivity contribution in [1.29, 1.82) is 0 Å². The first-order valence-electron chi connectivity index (χ1n) is 12.8. The van der Waals surface area contributed by atoms with Crippen LogP contribution in [-0.4, -0.2) is 11.7 Å². The van der Waals surface area contributed by atoms with Crippen LogP contribution in [0.3, 0.4) is 0 Å². The summed E-state index contributed by atoms with van der Waals surface area (Å²) in [6.45, 7) is 12.7. The second kappa shape index (κ2) is 6.73. The first kappa shape index (κ1) is 19.9. The highest BCUT2D eigenvalue weighted by Crippen LogP contribution is 2.74. The molecule has 0 aromatic rings. The molecule has 0 amide bonds. The van der Waals surface area contributed by atoms with Crippen molar-refractivity contribution in [3.8, 4) is 0 Å². The third-order valence-electron chi connectivity index (χ3n) is 11.0. The summed E-state index contributed by atoms with van der Waals surface area (Å²) < 4.78 is 6.56. The van der Waals surface area contributed by atoms with Gasteiger partial charge in [0.05, 0.1) is 6.10 Å². The van der Waals surface area contributed by atoms with E-state index >= 15 is 0 Å². The maximum atomic E-state index is 6.56. The van der Waals surface area contributed by atoms with Crippen LogP contribution in [0.1, 0.15) is 105 Å². The van der Waals surface area contributed by atoms with Gasteiger partial charge in [0.25, 0.3) is 0 Å². The van der Waals surface area contributed by atoms with Crippen LogP contribution in [0.5, 0.6) is 0 Å². The zero-order valence-corrected chi connectivity index (χ0v) is 19.3. The van der Waals surface area contributed by atoms with Gasteiger partial charge in [-0.2, -0.15) is 0 Å². The monoisotopic (exact) mass is 385 g/mol. The smallest absolute Gasteiger partial charge is 0.101 e. The van der Waals surface area contributed by atoms with Gasteiger partial charge in [-0.25, -0.2) is 0 Å². The molecule has 5 rings (SSSR count). The van der Waals surface area contributed by atoms with E-state index in [1.54, 1.807) is 0 Å². The Hall–Kier alpha value is -0.0400. The maximum Gasteiger partial charge on any atom is 0.101 e. The van der Waals surface area contributed by atoms with Crippen molar-refractivity contribution in [2.24, 2.45) is 46.3 Å². The molecule has 4 aliphatic carbocycles. The van der Waals surface area contributed by atoms with E-state index in [1.165, 1.54) is 70.6 Å². The van der Waals surface area contributed by atoms with Gasteiger partial charge in [-0.15, -0.1) is 0 Å². The van der Waals surface area contributed by atoms with Crippen LogP contribution in [0.2, 0.25) is 0 Å². The Morgan fingerprint density at radius 3 is 2.61 bits per heavy atom. The third kappa shape index (κ3) is 2.66. The predicted octanol–water partition coefficient (Wildman–Crippen LogP) is 7.44. The molecule has 1 radical (unpaired) electrons. The Kier molecular flexibility index (Phi) is 4.78. The molecule has 5 aliphatic rings. The van der Waals surface area contributed by atoms with Crippen molar-refractivity contribution in [2.45, 2.75) is 117 Å². The van der Waals surface area contributed by atoms with Gasteiger partial charge in [-0.05, 0) is 98.7 Å². The van der Waals surface area contributed by atoms with Crippen molar-refractivity contribution in [3.05, 3.63) is 6.42 Å². The molecule has 1 nitrogen and oxygen atoms in total. The zero-order chi connectivity index (χ0) is 19.7. The van der Waals surface area contributed by atoms with E-state index in [1.807, 2.05) is 0 Å². The minimum atomic E-state index is 0.266. The molecule has 0 N–H and O–H groups in total. The molecule has 159 valence electrons. The Balaban J connectivity index is 1.33. The molecule has 9 atom stereocenters. The summed E-state index contributed by atoms with van der Waals surface area (Å²) in [6.07, 6.45) is 18.8. The van der Waals surface area contributed by atoms with E-state index in [0.29, 0.717) is 16.9 Å². The molecule has 1 spiro atoms. The fraction of sp³-hybridized carbons (Fsp3) is 0.963. The summed E-state index contributed by atoms with van der Waals surface area (Å²) in [6, 6.07) is 0. The second-order valence-electron chi connectivity index (χ2n) is 12.6. The maximum absolute atomic E-state index is 6.56. The topological polar surface area (TPSA) is 12.5 Å². The first-order chi connectivity index (χ1) is 13.3. The lowest BCUT2D eigenvalue weighted by Gasteiger charge is -2.59. The quantitative estimate of drug-likeness (QED) is 0.448. The number of hydrogen-bond acceptors (Lipinski definition) is 1. The van der Waals surface area contributed by atoms with Crippen LogP contribution in [0.25, 0.3) is 0 Å². The van der Waals surface area contributed by atoms with E-state index in [4.69, 9.17) is 4.74 Å². The summed E-state index contributed by atoms with van der Waals surface area (Å²) in [5.74, 6) is 5.64. The van der Waals surface area contributed by atoms with Crippen LogP contribution >= 0.6 is 0 Å². The Bertz CT molecular complexity index is 597. The highest BCUT2D eigenvalue weighted by atomic mass is 16.6. The minimum absolute atomic E-state index is 0.266. The van der Waals surface area contributed by atoms with E-state index in [0.717, 1.165) is 35.5 Å². The number of epoxide rings is 1. The highest BCUT2D eigenvalue weighted by Gasteiger charge is 2.75. The third-order valence-corrected chi connectivity index (χ3v) is 11.0. The molecule has 0 aromatic heterocycles. The summed E-state index contributed by atoms with van der Waals surface area (Å²) in [5, 5.41) is 0. The molecule has 28 heavy (non-hydrogen) atoms. The molecule has 0 bridgehead atoms. The average Bonchev–Trinajstić information content (AvgIpc) is 3.23. The van der Waals surface area contributed by atoms with Crippen LogP contribution in [0.4, 0.5) is 0 Å². The van der Waals surface area contributed by atoms with Crippen LogP contribution < -0.4 is 0 Å². The van der Waals surface area contributed by atoms with Gasteiger partial charge in [0.1, 0.15) is 5.60 Å². The average molecular weight is 386 g/mol. The highest BCUT2D eigenvalue weighted by molar-refractivity contribution is 5.25. The molecular formula is C27H45O. The SMILES string of the molecule is CC(C)CCC[C@@H](C)[C@H]1CC[C@H]2[C@@H]3CC4OC45C[CH]CC[C@]5(C)[C@H]3CC[C@]12C. The Morgan fingerprint density at radius 1 is 1.00 bits per heavy atom. The largest absolute Gasteiger partial charge is 0.365 e. The van der Waals surface area contributed by atoms with Crippen molar-refractivity contribution in [1.82, 2.24) is 0 Å². The predicted molar refractivity (Wildman–Crippen MR) is 117 cm³/mol. The molecule has 0 aromatic carbocycles. The standard InChI is InChI=1S/C27H45O/c1-18(2)9-8-10-19(3)21-11-12-22-20-17-24-27(28-24)15-7-6-14-26(27,5)23(20)13-16-25(21,22)4/h7,18-24H,6,8-17H2,1-5H3/t19-,20+,21-,22+,23+,24?,25-,26-,27?/m1/s1. The number of fused-ring (bicyclic) bond motifs is 4. The van der Waals surface area contributed by atoms with Gasteiger partial charge in [0, 0.05) is 5.41 Å². The van der Waals surface area contributed by atoms with Gasteiger partial charge in [0.2, 0.25) is 0 Å². The first-order valence-corrected chi connectivity index (χ1v) is 12.8. The molecule has 1 heterocycles. The Labute approximate surface area is 174 Å². The van der Waals surface area contributed by atoms with Gasteiger partial charge >= 0.3 is 0 Å². The van der Waals surface area contributed by atoms with Crippen molar-refractivity contribution < 1.29 is 4.74 Å². The second-order valence-corrected chi connectivity index (χ2v) is 12.6. The molecular weight excluding hydrogens is 340 g/mol. The summed E-state index contributed by atoms with van der Waals surface area (Å²) in [4.78, 5) is 0. The van der Waals surface area contributed by atoms with Crippen LogP contribution in [0, 0.1) is 52.8 Å². The van der Waals surface area contributed by atoms with Gasteiger partial charge in [-0.3, -0.25) is 0 Å². The lowest BCUT2D eigenvalue weighted by Crippen LogP contribution is -2.57. The Morgan fingerprint density at radius 2 is 1.82 bits per heavy atom. The number of ether oxygens (including phenoxy) is 1. The van der Waals surface area contributed by atoms with Gasteiger partial charge in [-0.1, -0.05) is 53.9 Å². The zero-order valence-electron chi connectivity index (χ0n) is 19.3. The number of hydrogen-bond donors (Lipinski definition) is 0. The summed E-state index contributed by atoms with van der Waals surface area (Å²) in [7, 11) is 0. The van der Waals surface area contributed by atoms with Crippen molar-refractivity contribution >= 4 is 0 Å². The summed E-state index contributed by atoms with van der Waals surface area (Å²) >= 11 is 0. The minimum Gasteiger partial charge on any atom is -0.365 e. The van der Waals surface area contributed by atoms with E-state index in [2.05, 4.69) is 41.0 Å². The lowest BCUT2D eigenvalue weighted by molar-refractivity contribution is -0.0951. The molecule has 1 heteroatoms. The molecule has 5 fully saturated rings. The number of rotatable bonds is 5. The van der Waals surface area contributed by atoms with Crippen LogP contribution in [0.15, 0.2) is 0 Å². The lowest BCUT2D eigenvalue weighted by atomic mass is 9.44.